The summed E-state index contributed by atoms with van der Waals surface area (Å²) in [5.74, 6) is 2.62. The van der Waals surface area contributed by atoms with Crippen molar-refractivity contribution < 1.29 is 0 Å². The Balaban J connectivity index is 1.86. The first-order valence-corrected chi connectivity index (χ1v) is 7.20. The third-order valence-electron chi connectivity index (χ3n) is 4.03. The molecule has 2 rings (SSSR count). The van der Waals surface area contributed by atoms with Crippen LogP contribution in [0.15, 0.2) is 6.33 Å². The molecule has 0 bridgehead atoms. The number of nitrogens with zero attached hydrogens (tertiary/aromatic N) is 3. The van der Waals surface area contributed by atoms with Gasteiger partial charge in [-0.1, -0.05) is 6.92 Å². The highest BCUT2D eigenvalue weighted by Gasteiger charge is 2.18. The number of nitrogens with one attached hydrogen (secondary N) is 2. The van der Waals surface area contributed by atoms with Crippen LogP contribution in [0.4, 0.5) is 11.6 Å². The second-order valence-corrected chi connectivity index (χ2v) is 5.20. The molecule has 0 aliphatic carbocycles. The van der Waals surface area contributed by atoms with Crippen molar-refractivity contribution in [1.29, 1.82) is 0 Å². The maximum atomic E-state index is 4.33. The van der Waals surface area contributed by atoms with Crippen molar-refractivity contribution in [3.63, 3.8) is 0 Å². The first-order valence-electron chi connectivity index (χ1n) is 7.20. The lowest BCUT2D eigenvalue weighted by Crippen LogP contribution is -2.35. The molecule has 0 amide bonds. The second kappa shape index (κ2) is 6.70. The predicted molar refractivity (Wildman–Crippen MR) is 79.6 cm³/mol. The third kappa shape index (κ3) is 3.56. The fourth-order valence-electron chi connectivity index (χ4n) is 2.63. The van der Waals surface area contributed by atoms with Gasteiger partial charge in [0.2, 0.25) is 0 Å². The van der Waals surface area contributed by atoms with Gasteiger partial charge in [-0.25, -0.2) is 9.97 Å². The first kappa shape index (κ1) is 14.1. The standard InChI is InChI=1S/C14H25N5/c1-4-19-7-5-12(6-8-19)9-16-14-11(2)13(15-3)17-10-18-14/h10,12H,4-9H2,1-3H3,(H2,15,16,17,18). The summed E-state index contributed by atoms with van der Waals surface area (Å²) in [6.45, 7) is 8.94. The average Bonchev–Trinajstić information content (AvgIpc) is 2.47. The highest BCUT2D eigenvalue weighted by atomic mass is 15.1. The molecule has 1 saturated heterocycles. The minimum Gasteiger partial charge on any atom is -0.373 e. The van der Waals surface area contributed by atoms with Crippen molar-refractivity contribution in [2.24, 2.45) is 5.92 Å². The molecule has 0 aromatic carbocycles. The molecule has 1 aliphatic rings. The Kier molecular flexibility index (Phi) is 4.96. The number of likely N-dealkylation sites (tertiary alicyclic amines) is 1. The van der Waals surface area contributed by atoms with Crippen LogP contribution in [0, 0.1) is 12.8 Å². The van der Waals surface area contributed by atoms with E-state index in [0.717, 1.165) is 29.7 Å². The lowest BCUT2D eigenvalue weighted by Gasteiger charge is -2.31. The molecule has 1 aliphatic heterocycles. The van der Waals surface area contributed by atoms with Crippen LogP contribution < -0.4 is 10.6 Å². The zero-order chi connectivity index (χ0) is 13.7. The van der Waals surface area contributed by atoms with Crippen molar-refractivity contribution in [2.75, 3.05) is 43.9 Å². The van der Waals surface area contributed by atoms with Gasteiger partial charge in [-0.3, -0.25) is 0 Å². The molecule has 0 saturated carbocycles. The van der Waals surface area contributed by atoms with E-state index in [1.165, 1.54) is 32.5 Å². The minimum absolute atomic E-state index is 0.759. The lowest BCUT2D eigenvalue weighted by atomic mass is 9.97. The molecule has 2 N–H and O–H groups in total. The van der Waals surface area contributed by atoms with E-state index in [-0.39, 0.29) is 0 Å². The lowest BCUT2D eigenvalue weighted by molar-refractivity contribution is 0.198. The van der Waals surface area contributed by atoms with Crippen molar-refractivity contribution >= 4 is 11.6 Å². The van der Waals surface area contributed by atoms with E-state index in [1.54, 1.807) is 6.33 Å². The van der Waals surface area contributed by atoms with Crippen LogP contribution in [0.3, 0.4) is 0 Å². The van der Waals surface area contributed by atoms with E-state index in [4.69, 9.17) is 0 Å². The van der Waals surface area contributed by atoms with Crippen LogP contribution >= 0.6 is 0 Å². The normalized spacial score (nSPS) is 17.4. The molecule has 106 valence electrons. The zero-order valence-electron chi connectivity index (χ0n) is 12.2. The van der Waals surface area contributed by atoms with Crippen molar-refractivity contribution in [3.05, 3.63) is 11.9 Å². The van der Waals surface area contributed by atoms with Gasteiger partial charge >= 0.3 is 0 Å². The Labute approximate surface area is 115 Å². The summed E-state index contributed by atoms with van der Waals surface area (Å²) in [6.07, 6.45) is 4.18. The zero-order valence-corrected chi connectivity index (χ0v) is 12.2. The summed E-state index contributed by atoms with van der Waals surface area (Å²) < 4.78 is 0. The minimum atomic E-state index is 0.759. The Morgan fingerprint density at radius 3 is 2.58 bits per heavy atom. The van der Waals surface area contributed by atoms with E-state index in [1.807, 2.05) is 14.0 Å². The van der Waals surface area contributed by atoms with Crippen LogP contribution in [0.2, 0.25) is 0 Å². The molecule has 5 nitrogen and oxygen atoms in total. The molecule has 2 heterocycles. The summed E-state index contributed by atoms with van der Waals surface area (Å²) >= 11 is 0. The van der Waals surface area contributed by atoms with E-state index in [2.05, 4.69) is 32.4 Å². The van der Waals surface area contributed by atoms with Gasteiger partial charge < -0.3 is 15.5 Å². The van der Waals surface area contributed by atoms with Crippen molar-refractivity contribution in [3.8, 4) is 0 Å². The molecule has 5 heteroatoms. The molecule has 1 aromatic rings. The monoisotopic (exact) mass is 263 g/mol. The smallest absolute Gasteiger partial charge is 0.134 e. The SMILES string of the molecule is CCN1CCC(CNc2ncnc(NC)c2C)CC1. The number of aromatic nitrogens is 2. The van der Waals surface area contributed by atoms with E-state index in [9.17, 15) is 0 Å². The van der Waals surface area contributed by atoms with Crippen LogP contribution in [0.25, 0.3) is 0 Å². The van der Waals surface area contributed by atoms with Crippen LogP contribution in [0.1, 0.15) is 25.3 Å². The predicted octanol–water partition coefficient (Wildman–Crippen LogP) is 1.97. The Morgan fingerprint density at radius 2 is 1.95 bits per heavy atom. The summed E-state index contributed by atoms with van der Waals surface area (Å²) in [4.78, 5) is 11.1. The summed E-state index contributed by atoms with van der Waals surface area (Å²) in [7, 11) is 1.89. The van der Waals surface area contributed by atoms with Gasteiger partial charge in [0.25, 0.3) is 0 Å². The molecular weight excluding hydrogens is 238 g/mol. The summed E-state index contributed by atoms with van der Waals surface area (Å²) in [6, 6.07) is 0. The molecule has 1 aromatic heterocycles. The quantitative estimate of drug-likeness (QED) is 0.850. The number of rotatable bonds is 5. The number of anilines is 2. The molecule has 0 unspecified atom stereocenters. The van der Waals surface area contributed by atoms with Gasteiger partial charge in [0.1, 0.15) is 18.0 Å². The fraction of sp³-hybridized carbons (Fsp3) is 0.714. The molecule has 1 fully saturated rings. The number of hydrogen-bond donors (Lipinski definition) is 2. The largest absolute Gasteiger partial charge is 0.373 e. The van der Waals surface area contributed by atoms with Crippen LogP contribution in [-0.4, -0.2) is 48.1 Å². The third-order valence-corrected chi connectivity index (χ3v) is 4.03. The second-order valence-electron chi connectivity index (χ2n) is 5.20. The summed E-state index contributed by atoms with van der Waals surface area (Å²) in [5, 5.41) is 6.57. The molecule has 0 radical (unpaired) electrons. The van der Waals surface area contributed by atoms with Gasteiger partial charge in [0, 0.05) is 19.2 Å². The van der Waals surface area contributed by atoms with Gasteiger partial charge in [0.05, 0.1) is 0 Å². The Hall–Kier alpha value is -1.36. The number of piperidine rings is 1. The van der Waals surface area contributed by atoms with Crippen LogP contribution in [0.5, 0.6) is 0 Å². The molecule has 0 spiro atoms. The van der Waals surface area contributed by atoms with E-state index < -0.39 is 0 Å². The summed E-state index contributed by atoms with van der Waals surface area (Å²) in [5.41, 5.74) is 1.09. The van der Waals surface area contributed by atoms with Gasteiger partial charge in [-0.15, -0.1) is 0 Å². The molecular formula is C14H25N5. The topological polar surface area (TPSA) is 53.1 Å². The van der Waals surface area contributed by atoms with Crippen LogP contribution in [-0.2, 0) is 0 Å². The Bertz CT molecular complexity index is 399. The van der Waals surface area contributed by atoms with E-state index >= 15 is 0 Å². The Morgan fingerprint density at radius 1 is 1.26 bits per heavy atom. The maximum absolute atomic E-state index is 4.33. The van der Waals surface area contributed by atoms with Crippen molar-refractivity contribution in [1.82, 2.24) is 14.9 Å². The average molecular weight is 263 g/mol. The maximum Gasteiger partial charge on any atom is 0.134 e. The van der Waals surface area contributed by atoms with Gasteiger partial charge in [0.15, 0.2) is 0 Å². The van der Waals surface area contributed by atoms with E-state index in [0.29, 0.717) is 0 Å². The highest BCUT2D eigenvalue weighted by Crippen LogP contribution is 2.20. The van der Waals surface area contributed by atoms with Gasteiger partial charge in [-0.05, 0) is 45.3 Å². The number of hydrogen-bond acceptors (Lipinski definition) is 5. The van der Waals surface area contributed by atoms with Gasteiger partial charge in [-0.2, -0.15) is 0 Å². The fourth-order valence-corrected chi connectivity index (χ4v) is 2.63. The first-order chi connectivity index (χ1) is 9.24. The molecule has 19 heavy (non-hydrogen) atoms. The molecule has 0 atom stereocenters. The highest BCUT2D eigenvalue weighted by molar-refractivity contribution is 5.56. The van der Waals surface area contributed by atoms with Crippen molar-refractivity contribution in [2.45, 2.75) is 26.7 Å².